The molecule has 0 aromatic heterocycles. The number of aromatic nitrogens is 1. The maximum atomic E-state index is 4.98. The Balaban J connectivity index is 2.93. The van der Waals surface area contributed by atoms with Crippen LogP contribution in [0.15, 0.2) is 28.9 Å². The van der Waals surface area contributed by atoms with Gasteiger partial charge in [0.1, 0.15) is 0 Å². The van der Waals surface area contributed by atoms with Crippen molar-refractivity contribution in [3.8, 4) is 0 Å². The van der Waals surface area contributed by atoms with E-state index in [9.17, 15) is 0 Å². The summed E-state index contributed by atoms with van der Waals surface area (Å²) in [5, 5.41) is 0. The zero-order chi connectivity index (χ0) is 5.40. The van der Waals surface area contributed by atoms with Crippen molar-refractivity contribution in [2.75, 3.05) is 0 Å². The van der Waals surface area contributed by atoms with E-state index in [2.05, 4.69) is 4.98 Å². The first-order valence-electron chi connectivity index (χ1n) is 2.48. The second kappa shape index (κ2) is 1.15. The molecule has 0 unspecified atom stereocenters. The highest BCUT2D eigenvalue weighted by molar-refractivity contribution is 4.96. The number of rotatable bonds is 0. The molecule has 0 aliphatic carbocycles. The Morgan fingerprint density at radius 3 is 2.38 bits per heavy atom. The Morgan fingerprint density at radius 1 is 1.12 bits per heavy atom. The summed E-state index contributed by atoms with van der Waals surface area (Å²) in [5.41, 5.74) is 1.96. The first kappa shape index (κ1) is 3.78. The highest BCUT2D eigenvalue weighted by Gasteiger charge is 1.92. The summed E-state index contributed by atoms with van der Waals surface area (Å²) >= 11 is 0. The molecule has 0 saturated heterocycles. The Hall–Kier alpha value is -1.18. The van der Waals surface area contributed by atoms with Crippen LogP contribution in [0.1, 0.15) is 0 Å². The van der Waals surface area contributed by atoms with Crippen LogP contribution in [-0.4, -0.2) is 4.98 Å². The minimum absolute atomic E-state index is 0.978. The standard InChI is InChI=1S/C6H5NO/c1-3-7-4-2-6-5(1)8-6/h1-4,7H. The summed E-state index contributed by atoms with van der Waals surface area (Å²) in [7, 11) is 0. The lowest BCUT2D eigenvalue weighted by Gasteiger charge is -1.63. The second-order valence-electron chi connectivity index (χ2n) is 1.66. The maximum Gasteiger partial charge on any atom is 0.171 e. The van der Waals surface area contributed by atoms with Crippen molar-refractivity contribution in [1.29, 1.82) is 0 Å². The first-order valence-corrected chi connectivity index (χ1v) is 2.48. The van der Waals surface area contributed by atoms with Crippen LogP contribution in [-0.2, 0) is 0 Å². The fraction of sp³-hybridized carbons (Fsp3) is 0. The van der Waals surface area contributed by atoms with E-state index < -0.39 is 0 Å². The lowest BCUT2D eigenvalue weighted by atomic mass is 10.6. The average molecular weight is 107 g/mol. The topological polar surface area (TPSA) is 28.9 Å². The first-order chi connectivity index (χ1) is 3.97. The van der Waals surface area contributed by atoms with Crippen molar-refractivity contribution >= 4 is 0 Å². The normalized spacial score (nSPS) is 10.5. The van der Waals surface area contributed by atoms with Crippen molar-refractivity contribution in [2.45, 2.75) is 0 Å². The highest BCUT2D eigenvalue weighted by Crippen LogP contribution is 2.01. The summed E-state index contributed by atoms with van der Waals surface area (Å²) in [4.78, 5) is 2.93. The highest BCUT2D eigenvalue weighted by atomic mass is 16.4. The third-order valence-corrected chi connectivity index (χ3v) is 1.08. The molecule has 0 fully saturated rings. The molecule has 40 valence electrons. The largest absolute Gasteiger partial charge is 0.449 e. The number of H-pyrrole nitrogens is 1. The minimum Gasteiger partial charge on any atom is -0.449 e. The molecule has 0 aromatic rings. The predicted molar refractivity (Wildman–Crippen MR) is 28.4 cm³/mol. The second-order valence-corrected chi connectivity index (χ2v) is 1.66. The van der Waals surface area contributed by atoms with Gasteiger partial charge in [0.25, 0.3) is 0 Å². The molecule has 2 heteroatoms. The predicted octanol–water partition coefficient (Wildman–Crippen LogP) is 1.33. The molecule has 1 N–H and O–H groups in total. The Kier molecular flexibility index (Phi) is 0.545. The zero-order valence-corrected chi connectivity index (χ0v) is 4.22. The van der Waals surface area contributed by atoms with Crippen LogP contribution in [0.5, 0.6) is 0 Å². The molecule has 2 rings (SSSR count). The third kappa shape index (κ3) is 0.428. The van der Waals surface area contributed by atoms with Gasteiger partial charge in [0.05, 0.1) is 0 Å². The SMILES string of the molecule is c1cc2oc=2cc[nH]1. The van der Waals surface area contributed by atoms with Crippen LogP contribution in [0.4, 0.5) is 0 Å². The van der Waals surface area contributed by atoms with Gasteiger partial charge in [-0.2, -0.15) is 0 Å². The van der Waals surface area contributed by atoms with Gasteiger partial charge in [-0.15, -0.1) is 0 Å². The van der Waals surface area contributed by atoms with Crippen molar-refractivity contribution in [3.63, 3.8) is 0 Å². The summed E-state index contributed by atoms with van der Waals surface area (Å²) in [6.07, 6.45) is 3.68. The monoisotopic (exact) mass is 107 g/mol. The van der Waals surface area contributed by atoms with E-state index in [0.29, 0.717) is 0 Å². The van der Waals surface area contributed by atoms with E-state index in [-0.39, 0.29) is 0 Å². The van der Waals surface area contributed by atoms with E-state index in [4.69, 9.17) is 4.42 Å². The van der Waals surface area contributed by atoms with Crippen LogP contribution in [0, 0.1) is 10.8 Å². The van der Waals surface area contributed by atoms with Gasteiger partial charge in [-0.3, -0.25) is 0 Å². The van der Waals surface area contributed by atoms with Crippen molar-refractivity contribution in [2.24, 2.45) is 0 Å². The van der Waals surface area contributed by atoms with Crippen molar-refractivity contribution in [1.82, 2.24) is 4.98 Å². The van der Waals surface area contributed by atoms with E-state index in [1.165, 1.54) is 0 Å². The fourth-order valence-electron chi connectivity index (χ4n) is 0.628. The number of hydrogen-bond donors (Lipinski definition) is 1. The molecule has 0 spiro atoms. The third-order valence-electron chi connectivity index (χ3n) is 1.08. The molecule has 8 heavy (non-hydrogen) atoms. The minimum atomic E-state index is 0.978. The quantitative estimate of drug-likeness (QED) is 0.540. The van der Waals surface area contributed by atoms with Gasteiger partial charge < -0.3 is 9.40 Å². The summed E-state index contributed by atoms with van der Waals surface area (Å²) < 4.78 is 4.98. The van der Waals surface area contributed by atoms with E-state index >= 15 is 0 Å². The van der Waals surface area contributed by atoms with Crippen LogP contribution in [0.2, 0.25) is 0 Å². The molecule has 2 aliphatic heterocycles. The molecule has 0 saturated carbocycles. The lowest BCUT2D eigenvalue weighted by Crippen LogP contribution is -1.51. The van der Waals surface area contributed by atoms with Gasteiger partial charge in [-0.25, -0.2) is 0 Å². The Bertz CT molecular complexity index is 290. The molecular weight excluding hydrogens is 102 g/mol. The number of hydrogen-bond acceptors (Lipinski definition) is 1. The summed E-state index contributed by atoms with van der Waals surface area (Å²) in [5.74, 6) is 0. The van der Waals surface area contributed by atoms with Gasteiger partial charge in [0.15, 0.2) is 10.8 Å². The molecule has 0 aromatic carbocycles. The van der Waals surface area contributed by atoms with Gasteiger partial charge >= 0.3 is 0 Å². The molecule has 0 amide bonds. The molecular formula is C6H5NO. The van der Waals surface area contributed by atoms with Crippen molar-refractivity contribution in [3.05, 3.63) is 35.4 Å². The zero-order valence-electron chi connectivity index (χ0n) is 4.22. The van der Waals surface area contributed by atoms with Crippen LogP contribution >= 0.6 is 0 Å². The van der Waals surface area contributed by atoms with Gasteiger partial charge in [-0.1, -0.05) is 0 Å². The van der Waals surface area contributed by atoms with Crippen LogP contribution in [0.25, 0.3) is 0 Å². The smallest absolute Gasteiger partial charge is 0.171 e. The Labute approximate surface area is 45.8 Å². The van der Waals surface area contributed by atoms with Gasteiger partial charge in [0.2, 0.25) is 0 Å². The van der Waals surface area contributed by atoms with Crippen molar-refractivity contribution < 1.29 is 4.42 Å². The number of nitrogens with one attached hydrogen (secondary N) is 1. The molecule has 2 heterocycles. The molecule has 2 aliphatic rings. The molecule has 2 nitrogen and oxygen atoms in total. The van der Waals surface area contributed by atoms with Gasteiger partial charge in [0, 0.05) is 24.5 Å². The van der Waals surface area contributed by atoms with E-state index in [1.807, 2.05) is 24.5 Å². The maximum absolute atomic E-state index is 4.98. The fourth-order valence-corrected chi connectivity index (χ4v) is 0.628. The van der Waals surface area contributed by atoms with Crippen LogP contribution < -0.4 is 0 Å². The summed E-state index contributed by atoms with van der Waals surface area (Å²) in [6.45, 7) is 0. The molecule has 0 atom stereocenters. The Morgan fingerprint density at radius 2 is 1.75 bits per heavy atom. The molecule has 0 bridgehead atoms. The summed E-state index contributed by atoms with van der Waals surface area (Å²) in [6, 6.07) is 3.80. The van der Waals surface area contributed by atoms with E-state index in [1.54, 1.807) is 0 Å². The number of aromatic amines is 1. The van der Waals surface area contributed by atoms with Gasteiger partial charge in [-0.05, 0) is 0 Å². The lowest BCUT2D eigenvalue weighted by molar-refractivity contribution is 0.640. The molecule has 0 radical (unpaired) electrons. The average Bonchev–Trinajstić information content (AvgIpc) is 2.36. The van der Waals surface area contributed by atoms with E-state index in [0.717, 1.165) is 10.8 Å². The van der Waals surface area contributed by atoms with Crippen LogP contribution in [0.3, 0.4) is 0 Å².